The standard InChI is InChI=1S/C14H14.C12H10O.C12H10.C10H12.C10H8.C8H7N.C6H12.C6H6/c1-12(13-8-4-2-5-9-13)14-10-6-3-7-11-14;1-3-7-11(8-4-1)13-12-9-5-2-6-10-12;1-3-7-11(8-4-1)12-9-5-2-6-10-12;2*1-2-6-10-8-4-3-7-9(10)5-1;1-2-4-8-7(3-1)5-6-9-8;2*1-2-4-6-5-3-1/h2-12H,1H3;1-10H;1-10H;1-2,5-6H,3-4,7-8H2;1-8H;1-6,9H;1-6H2;1-6H. The number of aromatic amines is 1. The second kappa shape index (κ2) is 36.2. The van der Waals surface area contributed by atoms with Crippen LogP contribution in [0.1, 0.15) is 86.5 Å². The summed E-state index contributed by atoms with van der Waals surface area (Å²) in [4.78, 5) is 3.12. The molecular formula is C78H79NO. The Morgan fingerprint density at radius 2 is 0.562 bits per heavy atom. The van der Waals surface area contributed by atoms with E-state index in [1.807, 2.05) is 128 Å². The van der Waals surface area contributed by atoms with E-state index >= 15 is 0 Å². The van der Waals surface area contributed by atoms with Gasteiger partial charge in [-0.3, -0.25) is 0 Å². The third-order valence-corrected chi connectivity index (χ3v) is 13.8. The van der Waals surface area contributed by atoms with E-state index in [-0.39, 0.29) is 0 Å². The van der Waals surface area contributed by atoms with Gasteiger partial charge in [-0.25, -0.2) is 0 Å². The molecule has 0 spiro atoms. The van der Waals surface area contributed by atoms with Crippen molar-refractivity contribution in [1.82, 2.24) is 4.98 Å². The molecule has 2 nitrogen and oxygen atoms in total. The molecule has 1 fully saturated rings. The van der Waals surface area contributed by atoms with Crippen LogP contribution in [0.25, 0.3) is 32.8 Å². The molecule has 402 valence electrons. The molecule has 14 rings (SSSR count). The summed E-state index contributed by atoms with van der Waals surface area (Å²) in [5, 5.41) is 3.90. The molecule has 0 unspecified atom stereocenters. The van der Waals surface area contributed by atoms with Crippen molar-refractivity contribution < 1.29 is 4.74 Å². The average Bonchev–Trinajstić information content (AvgIpc) is 4.06. The summed E-state index contributed by atoms with van der Waals surface area (Å²) in [6.45, 7) is 2.24. The zero-order chi connectivity index (χ0) is 55.2. The lowest BCUT2D eigenvalue weighted by molar-refractivity contribution is 0.482. The van der Waals surface area contributed by atoms with Gasteiger partial charge in [0.1, 0.15) is 11.5 Å². The Hall–Kier alpha value is -8.98. The van der Waals surface area contributed by atoms with Gasteiger partial charge in [0.2, 0.25) is 0 Å². The minimum atomic E-state index is 0.484. The van der Waals surface area contributed by atoms with Gasteiger partial charge in [0, 0.05) is 17.6 Å². The third kappa shape index (κ3) is 22.2. The molecule has 0 amide bonds. The second-order valence-electron chi connectivity index (χ2n) is 19.7. The Labute approximate surface area is 478 Å². The summed E-state index contributed by atoms with van der Waals surface area (Å²) >= 11 is 0. The molecule has 0 radical (unpaired) electrons. The number of aryl methyl sites for hydroxylation is 2. The van der Waals surface area contributed by atoms with Crippen molar-refractivity contribution in [2.75, 3.05) is 0 Å². The first-order chi connectivity index (χ1) is 39.7. The Morgan fingerprint density at radius 3 is 0.925 bits per heavy atom. The van der Waals surface area contributed by atoms with Gasteiger partial charge in [0.05, 0.1) is 0 Å². The van der Waals surface area contributed by atoms with Crippen LogP contribution in [0.2, 0.25) is 0 Å². The van der Waals surface area contributed by atoms with Gasteiger partial charge < -0.3 is 9.72 Å². The van der Waals surface area contributed by atoms with Gasteiger partial charge in [-0.15, -0.1) is 0 Å². The first-order valence-electron chi connectivity index (χ1n) is 28.7. The van der Waals surface area contributed by atoms with Crippen molar-refractivity contribution in [3.05, 3.63) is 350 Å². The number of para-hydroxylation sites is 3. The van der Waals surface area contributed by atoms with Crippen LogP contribution in [-0.2, 0) is 12.8 Å². The van der Waals surface area contributed by atoms with E-state index in [0.717, 1.165) is 11.5 Å². The number of benzene rings is 11. The highest BCUT2D eigenvalue weighted by Gasteiger charge is 2.07. The average molecular weight is 1050 g/mol. The lowest BCUT2D eigenvalue weighted by atomic mass is 9.92. The van der Waals surface area contributed by atoms with Crippen LogP contribution in [0, 0.1) is 0 Å². The number of hydrogen-bond donors (Lipinski definition) is 1. The maximum absolute atomic E-state index is 5.58. The smallest absolute Gasteiger partial charge is 0.127 e. The summed E-state index contributed by atoms with van der Waals surface area (Å²) in [7, 11) is 0. The maximum atomic E-state index is 5.58. The molecule has 0 bridgehead atoms. The predicted octanol–water partition coefficient (Wildman–Crippen LogP) is 22.3. The second-order valence-corrected chi connectivity index (χ2v) is 19.7. The largest absolute Gasteiger partial charge is 0.457 e. The number of ether oxygens (including phenoxy) is 1. The Bertz CT molecular complexity index is 3120. The van der Waals surface area contributed by atoms with Crippen LogP contribution in [0.4, 0.5) is 0 Å². The minimum Gasteiger partial charge on any atom is -0.457 e. The van der Waals surface area contributed by atoms with Gasteiger partial charge in [-0.2, -0.15) is 0 Å². The first-order valence-corrected chi connectivity index (χ1v) is 28.7. The molecule has 0 aliphatic heterocycles. The van der Waals surface area contributed by atoms with Crippen molar-refractivity contribution in [1.29, 1.82) is 0 Å². The number of H-pyrrole nitrogens is 1. The van der Waals surface area contributed by atoms with Crippen molar-refractivity contribution in [3.63, 3.8) is 0 Å². The third-order valence-electron chi connectivity index (χ3n) is 13.8. The first kappa shape index (κ1) is 58.7. The fourth-order valence-corrected chi connectivity index (χ4v) is 9.30. The van der Waals surface area contributed by atoms with E-state index in [1.54, 1.807) is 11.1 Å². The Kier molecular flexibility index (Phi) is 26.5. The number of aromatic nitrogens is 1. The fraction of sp³-hybridized carbons (Fsp3) is 0.154. The van der Waals surface area contributed by atoms with E-state index in [9.17, 15) is 0 Å². The number of fused-ring (bicyclic) bond motifs is 3. The molecule has 2 heteroatoms. The van der Waals surface area contributed by atoms with Gasteiger partial charge in [-0.1, -0.05) is 331 Å². The minimum absolute atomic E-state index is 0.484. The number of rotatable bonds is 5. The molecular weight excluding hydrogens is 967 g/mol. The molecule has 12 aromatic rings. The quantitative estimate of drug-likeness (QED) is 0.183. The SMILES string of the molecule is C1CCCCC1.CC(c1ccccc1)c1ccccc1.c1ccc(-c2ccccc2)cc1.c1ccc(Oc2ccccc2)cc1.c1ccc2[nH]ccc2c1.c1ccc2c(c1)CCCC2.c1ccc2ccccc2c1.c1ccccc1. The molecule has 1 aromatic heterocycles. The summed E-state index contributed by atoms with van der Waals surface area (Å²) in [6.07, 6.45) is 16.3. The van der Waals surface area contributed by atoms with E-state index in [2.05, 4.69) is 212 Å². The van der Waals surface area contributed by atoms with Crippen LogP contribution in [0.3, 0.4) is 0 Å². The fourth-order valence-electron chi connectivity index (χ4n) is 9.30. The normalized spacial score (nSPS) is 11.7. The van der Waals surface area contributed by atoms with Crippen LogP contribution in [0.5, 0.6) is 11.5 Å². The van der Waals surface area contributed by atoms with E-state index in [4.69, 9.17) is 4.74 Å². The van der Waals surface area contributed by atoms with Gasteiger partial charge in [-0.05, 0) is 112 Å². The monoisotopic (exact) mass is 1050 g/mol. The molecule has 0 saturated heterocycles. The zero-order valence-corrected chi connectivity index (χ0v) is 46.7. The highest BCUT2D eigenvalue weighted by atomic mass is 16.5. The predicted molar refractivity (Wildman–Crippen MR) is 345 cm³/mol. The molecule has 1 heterocycles. The summed E-state index contributed by atoms with van der Waals surface area (Å²) < 4.78 is 5.58. The number of hydrogen-bond acceptors (Lipinski definition) is 1. The Morgan fingerprint density at radius 1 is 0.275 bits per heavy atom. The zero-order valence-electron chi connectivity index (χ0n) is 46.7. The summed E-state index contributed by atoms with van der Waals surface area (Å²) in [5.74, 6) is 2.22. The molecule has 1 saturated carbocycles. The summed E-state index contributed by atoms with van der Waals surface area (Å²) in [6, 6.07) is 109. The molecule has 1 N–H and O–H groups in total. The van der Waals surface area contributed by atoms with Crippen LogP contribution >= 0.6 is 0 Å². The lowest BCUT2D eigenvalue weighted by Crippen LogP contribution is -2.00. The molecule has 0 atom stereocenters. The van der Waals surface area contributed by atoms with Crippen molar-refractivity contribution >= 4 is 21.7 Å². The molecule has 2 aliphatic rings. The van der Waals surface area contributed by atoms with Crippen molar-refractivity contribution in [2.24, 2.45) is 0 Å². The van der Waals surface area contributed by atoms with Crippen molar-refractivity contribution in [3.8, 4) is 22.6 Å². The van der Waals surface area contributed by atoms with Gasteiger partial charge in [0.25, 0.3) is 0 Å². The highest BCUT2D eigenvalue weighted by Crippen LogP contribution is 2.24. The summed E-state index contributed by atoms with van der Waals surface area (Å²) in [5.41, 5.74) is 9.66. The Balaban J connectivity index is 0.000000134. The molecule has 2 aliphatic carbocycles. The molecule has 11 aromatic carbocycles. The van der Waals surface area contributed by atoms with Crippen LogP contribution in [-0.4, -0.2) is 4.98 Å². The lowest BCUT2D eigenvalue weighted by Gasteiger charge is -2.13. The van der Waals surface area contributed by atoms with Crippen LogP contribution < -0.4 is 4.74 Å². The number of nitrogens with one attached hydrogen (secondary N) is 1. The maximum Gasteiger partial charge on any atom is 0.127 e. The van der Waals surface area contributed by atoms with E-state index in [1.165, 1.54) is 108 Å². The van der Waals surface area contributed by atoms with Gasteiger partial charge >= 0.3 is 0 Å². The topological polar surface area (TPSA) is 25.0 Å². The molecule has 80 heavy (non-hydrogen) atoms. The van der Waals surface area contributed by atoms with E-state index in [0.29, 0.717) is 5.92 Å². The van der Waals surface area contributed by atoms with Crippen molar-refractivity contribution in [2.45, 2.75) is 77.0 Å². The van der Waals surface area contributed by atoms with E-state index < -0.39 is 0 Å². The van der Waals surface area contributed by atoms with Crippen LogP contribution in [0.15, 0.2) is 328 Å². The van der Waals surface area contributed by atoms with Gasteiger partial charge in [0.15, 0.2) is 0 Å². The highest BCUT2D eigenvalue weighted by molar-refractivity contribution is 5.82.